The van der Waals surface area contributed by atoms with Gasteiger partial charge >= 0.3 is 0 Å². The minimum absolute atomic E-state index is 0.0502. The van der Waals surface area contributed by atoms with Gasteiger partial charge in [-0.15, -0.1) is 0 Å². The van der Waals surface area contributed by atoms with Gasteiger partial charge in [0.15, 0.2) is 0 Å². The largest absolute Gasteiger partial charge is 0.397 e. The number of para-hydroxylation sites is 2. The zero-order valence-corrected chi connectivity index (χ0v) is 12.7. The molecule has 1 unspecified atom stereocenters. The molecule has 2 aliphatic carbocycles. The molecular formula is C17H25N3O. The number of nitrogens with zero attached hydrogens (tertiary/aromatic N) is 1. The Morgan fingerprint density at radius 1 is 1.24 bits per heavy atom. The Labute approximate surface area is 126 Å². The van der Waals surface area contributed by atoms with E-state index in [0.29, 0.717) is 11.4 Å². The Kier molecular flexibility index (Phi) is 4.15. The first-order chi connectivity index (χ1) is 10.1. The maximum atomic E-state index is 12.5. The van der Waals surface area contributed by atoms with Gasteiger partial charge in [0, 0.05) is 13.1 Å². The first-order valence-corrected chi connectivity index (χ1v) is 8.03. The molecule has 2 fully saturated rings. The van der Waals surface area contributed by atoms with Crippen molar-refractivity contribution in [3.8, 4) is 0 Å². The van der Waals surface area contributed by atoms with Crippen molar-refractivity contribution in [2.24, 2.45) is 11.8 Å². The van der Waals surface area contributed by atoms with E-state index in [9.17, 15) is 4.79 Å². The van der Waals surface area contributed by atoms with Crippen LogP contribution in [0.4, 0.5) is 11.4 Å². The number of nitrogens with two attached hydrogens (primary N) is 1. The third-order valence-corrected chi connectivity index (χ3v) is 4.53. The van der Waals surface area contributed by atoms with Gasteiger partial charge in [0.05, 0.1) is 17.4 Å². The average Bonchev–Trinajstić information content (AvgIpc) is 3.35. The van der Waals surface area contributed by atoms with Crippen molar-refractivity contribution in [3.05, 3.63) is 24.3 Å². The number of carbonyl (C=O) groups is 1. The van der Waals surface area contributed by atoms with E-state index >= 15 is 0 Å². The zero-order valence-electron chi connectivity index (χ0n) is 12.7. The van der Waals surface area contributed by atoms with Crippen LogP contribution in [0.2, 0.25) is 0 Å². The molecule has 4 heteroatoms. The Hall–Kier alpha value is -1.55. The highest BCUT2D eigenvalue weighted by Gasteiger charge is 2.33. The van der Waals surface area contributed by atoms with Gasteiger partial charge in [-0.1, -0.05) is 12.1 Å². The van der Waals surface area contributed by atoms with Crippen LogP contribution in [0.3, 0.4) is 0 Å². The van der Waals surface area contributed by atoms with E-state index in [2.05, 4.69) is 10.2 Å². The summed E-state index contributed by atoms with van der Waals surface area (Å²) in [5.41, 5.74) is 7.23. The molecule has 21 heavy (non-hydrogen) atoms. The lowest BCUT2D eigenvalue weighted by Gasteiger charge is -2.28. The number of hydrogen-bond acceptors (Lipinski definition) is 3. The van der Waals surface area contributed by atoms with Crippen molar-refractivity contribution in [2.75, 3.05) is 24.1 Å². The molecular weight excluding hydrogens is 262 g/mol. The number of amides is 1. The van der Waals surface area contributed by atoms with Gasteiger partial charge in [-0.3, -0.25) is 9.69 Å². The molecule has 0 spiro atoms. The molecule has 2 aliphatic rings. The molecule has 4 nitrogen and oxygen atoms in total. The number of nitrogens with one attached hydrogen (secondary N) is 1. The van der Waals surface area contributed by atoms with Crippen LogP contribution in [-0.4, -0.2) is 29.9 Å². The standard InChI is InChI=1S/C17H25N3O/c1-12(17(21)19-16-5-3-2-4-15(16)18)20(10-13-6-7-13)11-14-8-9-14/h2-5,12-14H,6-11,18H2,1H3,(H,19,21). The number of benzene rings is 1. The molecule has 0 saturated heterocycles. The molecule has 0 heterocycles. The van der Waals surface area contributed by atoms with E-state index in [1.807, 2.05) is 31.2 Å². The van der Waals surface area contributed by atoms with Crippen molar-refractivity contribution < 1.29 is 4.79 Å². The lowest BCUT2D eigenvalue weighted by atomic mass is 10.2. The van der Waals surface area contributed by atoms with E-state index in [4.69, 9.17) is 5.73 Å². The number of nitrogen functional groups attached to an aromatic ring is 1. The molecule has 1 amide bonds. The van der Waals surface area contributed by atoms with Crippen LogP contribution in [0.25, 0.3) is 0 Å². The van der Waals surface area contributed by atoms with E-state index in [-0.39, 0.29) is 11.9 Å². The number of hydrogen-bond donors (Lipinski definition) is 2. The Morgan fingerprint density at radius 2 is 1.81 bits per heavy atom. The maximum absolute atomic E-state index is 12.5. The van der Waals surface area contributed by atoms with Crippen LogP contribution in [0.15, 0.2) is 24.3 Å². The predicted octanol–water partition coefficient (Wildman–Crippen LogP) is 2.72. The van der Waals surface area contributed by atoms with E-state index in [0.717, 1.165) is 24.9 Å². The van der Waals surface area contributed by atoms with E-state index < -0.39 is 0 Å². The zero-order chi connectivity index (χ0) is 14.8. The maximum Gasteiger partial charge on any atom is 0.241 e. The van der Waals surface area contributed by atoms with Gasteiger partial charge in [-0.2, -0.15) is 0 Å². The third-order valence-electron chi connectivity index (χ3n) is 4.53. The van der Waals surface area contributed by atoms with Gasteiger partial charge in [0.1, 0.15) is 0 Å². The highest BCUT2D eigenvalue weighted by atomic mass is 16.2. The monoisotopic (exact) mass is 287 g/mol. The van der Waals surface area contributed by atoms with Gasteiger partial charge in [0.25, 0.3) is 0 Å². The molecule has 3 rings (SSSR count). The van der Waals surface area contributed by atoms with Gasteiger partial charge < -0.3 is 11.1 Å². The van der Waals surface area contributed by atoms with Crippen molar-refractivity contribution in [2.45, 2.75) is 38.6 Å². The van der Waals surface area contributed by atoms with Crippen molar-refractivity contribution in [1.82, 2.24) is 4.90 Å². The predicted molar refractivity (Wildman–Crippen MR) is 86.0 cm³/mol. The summed E-state index contributed by atoms with van der Waals surface area (Å²) >= 11 is 0. The highest BCUT2D eigenvalue weighted by molar-refractivity contribution is 5.97. The fraction of sp³-hybridized carbons (Fsp3) is 0.588. The molecule has 2 saturated carbocycles. The van der Waals surface area contributed by atoms with Crippen molar-refractivity contribution >= 4 is 17.3 Å². The Balaban J connectivity index is 1.61. The molecule has 0 bridgehead atoms. The number of anilines is 2. The van der Waals surface area contributed by atoms with Gasteiger partial charge in [-0.25, -0.2) is 0 Å². The Morgan fingerprint density at radius 3 is 2.33 bits per heavy atom. The lowest BCUT2D eigenvalue weighted by Crippen LogP contribution is -2.44. The fourth-order valence-corrected chi connectivity index (χ4v) is 2.67. The third kappa shape index (κ3) is 3.97. The van der Waals surface area contributed by atoms with Crippen LogP contribution in [0, 0.1) is 11.8 Å². The molecule has 0 aliphatic heterocycles. The minimum atomic E-state index is -0.0918. The van der Waals surface area contributed by atoms with Crippen LogP contribution in [-0.2, 0) is 4.79 Å². The summed E-state index contributed by atoms with van der Waals surface area (Å²) in [6.07, 6.45) is 5.28. The summed E-state index contributed by atoms with van der Waals surface area (Å²) in [6.45, 7) is 4.14. The quantitative estimate of drug-likeness (QED) is 0.758. The molecule has 3 N–H and O–H groups in total. The minimum Gasteiger partial charge on any atom is -0.397 e. The van der Waals surface area contributed by atoms with Crippen LogP contribution in [0.5, 0.6) is 0 Å². The van der Waals surface area contributed by atoms with Crippen molar-refractivity contribution in [3.63, 3.8) is 0 Å². The first kappa shape index (κ1) is 14.4. The topological polar surface area (TPSA) is 58.4 Å². The Bertz CT molecular complexity index is 495. The van der Waals surface area contributed by atoms with E-state index in [1.54, 1.807) is 0 Å². The summed E-state index contributed by atoms with van der Waals surface area (Å²) in [4.78, 5) is 14.9. The molecule has 114 valence electrons. The van der Waals surface area contributed by atoms with Crippen molar-refractivity contribution in [1.29, 1.82) is 0 Å². The van der Waals surface area contributed by atoms with E-state index in [1.165, 1.54) is 25.7 Å². The molecule has 1 atom stereocenters. The second-order valence-corrected chi connectivity index (χ2v) is 6.59. The summed E-state index contributed by atoms with van der Waals surface area (Å²) in [7, 11) is 0. The van der Waals surface area contributed by atoms with Crippen LogP contribution < -0.4 is 11.1 Å². The smallest absolute Gasteiger partial charge is 0.241 e. The van der Waals surface area contributed by atoms with Gasteiger partial charge in [-0.05, 0) is 56.6 Å². The molecule has 0 aromatic heterocycles. The number of rotatable bonds is 7. The van der Waals surface area contributed by atoms with Gasteiger partial charge in [0.2, 0.25) is 5.91 Å². The SMILES string of the molecule is CC(C(=O)Nc1ccccc1N)N(CC1CC1)CC1CC1. The molecule has 1 aromatic rings. The summed E-state index contributed by atoms with van der Waals surface area (Å²) in [5.74, 6) is 1.66. The second kappa shape index (κ2) is 6.06. The molecule has 0 radical (unpaired) electrons. The summed E-state index contributed by atoms with van der Waals surface area (Å²) in [6, 6.07) is 7.34. The fourth-order valence-electron chi connectivity index (χ4n) is 2.67. The van der Waals surface area contributed by atoms with Crippen LogP contribution >= 0.6 is 0 Å². The summed E-state index contributed by atoms with van der Waals surface area (Å²) < 4.78 is 0. The average molecular weight is 287 g/mol. The summed E-state index contributed by atoms with van der Waals surface area (Å²) in [5, 5.41) is 2.97. The second-order valence-electron chi connectivity index (χ2n) is 6.59. The normalized spacial score (nSPS) is 19.5. The van der Waals surface area contributed by atoms with Crippen LogP contribution in [0.1, 0.15) is 32.6 Å². The highest BCUT2D eigenvalue weighted by Crippen LogP contribution is 2.34. The molecule has 1 aromatic carbocycles. The number of carbonyl (C=O) groups excluding carboxylic acids is 1. The first-order valence-electron chi connectivity index (χ1n) is 8.03. The lowest BCUT2D eigenvalue weighted by molar-refractivity contribution is -0.120.